The van der Waals surface area contributed by atoms with Crippen LogP contribution in [0.25, 0.3) is 11.3 Å². The van der Waals surface area contributed by atoms with E-state index >= 15 is 0 Å². The maximum Gasteiger partial charge on any atom is 0.110 e. The summed E-state index contributed by atoms with van der Waals surface area (Å²) in [5, 5.41) is 7.45. The number of benzene rings is 1. The summed E-state index contributed by atoms with van der Waals surface area (Å²) in [4.78, 5) is 7.28. The molecule has 1 aromatic heterocycles. The van der Waals surface area contributed by atoms with Crippen molar-refractivity contribution in [3.63, 3.8) is 0 Å². The summed E-state index contributed by atoms with van der Waals surface area (Å²) >= 11 is 7.78. The van der Waals surface area contributed by atoms with Crippen molar-refractivity contribution in [3.05, 3.63) is 39.7 Å². The molecule has 0 bridgehead atoms. The number of aromatic nitrogens is 1. The molecule has 0 saturated carbocycles. The van der Waals surface area contributed by atoms with Gasteiger partial charge in [-0.25, -0.2) is 4.98 Å². The highest BCUT2D eigenvalue weighted by molar-refractivity contribution is 7.10. The molecule has 20 heavy (non-hydrogen) atoms. The van der Waals surface area contributed by atoms with Crippen LogP contribution < -0.4 is 5.32 Å². The van der Waals surface area contributed by atoms with E-state index in [-0.39, 0.29) is 0 Å². The van der Waals surface area contributed by atoms with Gasteiger partial charge in [0.2, 0.25) is 0 Å². The number of rotatable bonds is 3. The van der Waals surface area contributed by atoms with E-state index in [0.717, 1.165) is 42.5 Å². The Labute approximate surface area is 128 Å². The highest BCUT2D eigenvalue weighted by Crippen LogP contribution is 2.29. The SMILES string of the molecule is CC(c1nc(-c2cccc(Cl)c2)cs1)N1CCNCC1. The van der Waals surface area contributed by atoms with Crippen molar-refractivity contribution in [2.45, 2.75) is 13.0 Å². The van der Waals surface area contributed by atoms with E-state index in [0.29, 0.717) is 6.04 Å². The van der Waals surface area contributed by atoms with Gasteiger partial charge in [-0.3, -0.25) is 4.90 Å². The van der Waals surface area contributed by atoms with Crippen LogP contribution >= 0.6 is 22.9 Å². The quantitative estimate of drug-likeness (QED) is 0.941. The second-order valence-corrected chi connectivity index (χ2v) is 6.37. The molecule has 3 rings (SSSR count). The van der Waals surface area contributed by atoms with Gasteiger partial charge >= 0.3 is 0 Å². The largest absolute Gasteiger partial charge is 0.314 e. The fourth-order valence-corrected chi connectivity index (χ4v) is 3.59. The highest BCUT2D eigenvalue weighted by Gasteiger charge is 2.20. The van der Waals surface area contributed by atoms with Gasteiger partial charge in [0.25, 0.3) is 0 Å². The highest BCUT2D eigenvalue weighted by atomic mass is 35.5. The Kier molecular flexibility index (Phi) is 4.36. The van der Waals surface area contributed by atoms with E-state index in [9.17, 15) is 0 Å². The molecule has 1 aromatic carbocycles. The molecule has 1 atom stereocenters. The van der Waals surface area contributed by atoms with Gasteiger partial charge in [-0.2, -0.15) is 0 Å². The standard InChI is InChI=1S/C15H18ClN3S/c1-11(19-7-5-17-6-8-19)15-18-14(10-20-15)12-3-2-4-13(16)9-12/h2-4,9-11,17H,5-8H2,1H3. The zero-order valence-electron chi connectivity index (χ0n) is 11.5. The average molecular weight is 308 g/mol. The first-order valence-corrected chi connectivity index (χ1v) is 8.16. The monoisotopic (exact) mass is 307 g/mol. The summed E-state index contributed by atoms with van der Waals surface area (Å²) in [6.45, 7) is 6.56. The molecule has 106 valence electrons. The van der Waals surface area contributed by atoms with Gasteiger partial charge < -0.3 is 5.32 Å². The summed E-state index contributed by atoms with van der Waals surface area (Å²) < 4.78 is 0. The summed E-state index contributed by atoms with van der Waals surface area (Å²) in [6, 6.07) is 8.27. The van der Waals surface area contributed by atoms with Crippen molar-refractivity contribution in [1.82, 2.24) is 15.2 Å². The number of thiazole rings is 1. The van der Waals surface area contributed by atoms with E-state index in [1.54, 1.807) is 11.3 Å². The topological polar surface area (TPSA) is 28.2 Å². The Bertz CT molecular complexity index is 578. The molecule has 3 nitrogen and oxygen atoms in total. The molecule has 1 fully saturated rings. The average Bonchev–Trinajstić information content (AvgIpc) is 2.97. The van der Waals surface area contributed by atoms with Crippen molar-refractivity contribution in [2.24, 2.45) is 0 Å². The Hall–Kier alpha value is -0.940. The summed E-state index contributed by atoms with van der Waals surface area (Å²) in [6.07, 6.45) is 0. The number of hydrogen-bond donors (Lipinski definition) is 1. The molecular formula is C15H18ClN3S. The number of piperazine rings is 1. The second-order valence-electron chi connectivity index (χ2n) is 5.04. The first kappa shape index (κ1) is 14.0. The Morgan fingerprint density at radius 1 is 1.35 bits per heavy atom. The molecule has 1 aliphatic heterocycles. The third-order valence-electron chi connectivity index (χ3n) is 3.70. The van der Waals surface area contributed by atoms with Crippen molar-refractivity contribution >= 4 is 22.9 Å². The second kappa shape index (κ2) is 6.22. The number of halogens is 1. The van der Waals surface area contributed by atoms with Crippen LogP contribution in [0.5, 0.6) is 0 Å². The lowest BCUT2D eigenvalue weighted by Gasteiger charge is -2.31. The maximum atomic E-state index is 6.05. The van der Waals surface area contributed by atoms with E-state index in [2.05, 4.69) is 28.6 Å². The first-order chi connectivity index (χ1) is 9.74. The molecule has 1 aliphatic rings. The number of nitrogens with one attached hydrogen (secondary N) is 1. The third kappa shape index (κ3) is 3.04. The van der Waals surface area contributed by atoms with E-state index in [1.807, 2.05) is 18.2 Å². The van der Waals surface area contributed by atoms with Crippen LogP contribution in [-0.4, -0.2) is 36.1 Å². The number of hydrogen-bond acceptors (Lipinski definition) is 4. The zero-order chi connectivity index (χ0) is 13.9. The lowest BCUT2D eigenvalue weighted by Crippen LogP contribution is -2.44. The molecule has 0 amide bonds. The van der Waals surface area contributed by atoms with Gasteiger partial charge in [0.1, 0.15) is 5.01 Å². The molecular weight excluding hydrogens is 290 g/mol. The van der Waals surface area contributed by atoms with Crippen molar-refractivity contribution < 1.29 is 0 Å². The van der Waals surface area contributed by atoms with E-state index in [1.165, 1.54) is 5.01 Å². The van der Waals surface area contributed by atoms with Crippen molar-refractivity contribution in [1.29, 1.82) is 0 Å². The van der Waals surface area contributed by atoms with Gasteiger partial charge in [-0.1, -0.05) is 23.7 Å². The lowest BCUT2D eigenvalue weighted by molar-refractivity contribution is 0.185. The van der Waals surface area contributed by atoms with Crippen molar-refractivity contribution in [3.8, 4) is 11.3 Å². The molecule has 1 N–H and O–H groups in total. The third-order valence-corrected chi connectivity index (χ3v) is 4.95. The predicted octanol–water partition coefficient (Wildman–Crippen LogP) is 3.43. The minimum absolute atomic E-state index is 0.384. The number of nitrogens with zero attached hydrogens (tertiary/aromatic N) is 2. The maximum absolute atomic E-state index is 6.05. The van der Waals surface area contributed by atoms with Gasteiger partial charge in [0.15, 0.2) is 0 Å². The van der Waals surface area contributed by atoms with Crippen LogP contribution in [0.15, 0.2) is 29.6 Å². The molecule has 0 radical (unpaired) electrons. The summed E-state index contributed by atoms with van der Waals surface area (Å²) in [5.74, 6) is 0. The van der Waals surface area contributed by atoms with Gasteiger partial charge in [-0.15, -0.1) is 11.3 Å². The van der Waals surface area contributed by atoms with Crippen LogP contribution in [0.1, 0.15) is 18.0 Å². The van der Waals surface area contributed by atoms with Crippen LogP contribution in [-0.2, 0) is 0 Å². The molecule has 2 aromatic rings. The fourth-order valence-electron chi connectivity index (χ4n) is 2.49. The molecule has 2 heterocycles. The fraction of sp³-hybridized carbons (Fsp3) is 0.400. The Morgan fingerprint density at radius 2 is 2.15 bits per heavy atom. The van der Waals surface area contributed by atoms with Crippen LogP contribution in [0.3, 0.4) is 0 Å². The zero-order valence-corrected chi connectivity index (χ0v) is 13.0. The Balaban J connectivity index is 1.79. The summed E-state index contributed by atoms with van der Waals surface area (Å²) in [7, 11) is 0. The molecule has 0 spiro atoms. The molecule has 1 unspecified atom stereocenters. The normalized spacial score (nSPS) is 18.1. The predicted molar refractivity (Wildman–Crippen MR) is 85.4 cm³/mol. The molecule has 1 saturated heterocycles. The van der Waals surface area contributed by atoms with Gasteiger partial charge in [0.05, 0.1) is 11.7 Å². The van der Waals surface area contributed by atoms with Crippen LogP contribution in [0, 0.1) is 0 Å². The lowest BCUT2D eigenvalue weighted by atomic mass is 10.2. The summed E-state index contributed by atoms with van der Waals surface area (Å²) in [5.41, 5.74) is 2.11. The first-order valence-electron chi connectivity index (χ1n) is 6.90. The smallest absolute Gasteiger partial charge is 0.110 e. The molecule has 5 heteroatoms. The molecule has 0 aliphatic carbocycles. The van der Waals surface area contributed by atoms with E-state index < -0.39 is 0 Å². The van der Waals surface area contributed by atoms with Crippen LogP contribution in [0.4, 0.5) is 0 Å². The van der Waals surface area contributed by atoms with Gasteiger partial charge in [0, 0.05) is 42.1 Å². The van der Waals surface area contributed by atoms with Crippen molar-refractivity contribution in [2.75, 3.05) is 26.2 Å². The van der Waals surface area contributed by atoms with Gasteiger partial charge in [-0.05, 0) is 19.1 Å². The minimum Gasteiger partial charge on any atom is -0.314 e. The minimum atomic E-state index is 0.384. The van der Waals surface area contributed by atoms with Crippen LogP contribution in [0.2, 0.25) is 5.02 Å². The Morgan fingerprint density at radius 3 is 2.90 bits per heavy atom. The van der Waals surface area contributed by atoms with E-state index in [4.69, 9.17) is 16.6 Å².